The lowest BCUT2D eigenvalue weighted by Gasteiger charge is -2.31. The second-order valence-electron chi connectivity index (χ2n) is 9.63. The fourth-order valence-electron chi connectivity index (χ4n) is 4.02. The molecule has 0 atom stereocenters. The number of piperidine rings is 1. The van der Waals surface area contributed by atoms with Crippen molar-refractivity contribution in [3.63, 3.8) is 0 Å². The van der Waals surface area contributed by atoms with Crippen molar-refractivity contribution < 1.29 is 19.4 Å². The lowest BCUT2D eigenvalue weighted by molar-refractivity contribution is -0.137. The molecule has 0 aromatic heterocycles. The first-order chi connectivity index (χ1) is 19.5. The van der Waals surface area contributed by atoms with Gasteiger partial charge in [0.2, 0.25) is 5.91 Å². The number of aryl methyl sites for hydroxylation is 1. The van der Waals surface area contributed by atoms with Gasteiger partial charge in [-0.05, 0) is 69.1 Å². The molecule has 40 heavy (non-hydrogen) atoms. The minimum Gasteiger partial charge on any atom is -0.493 e. The maximum Gasteiger partial charge on any atom is 0.303 e. The zero-order valence-corrected chi connectivity index (χ0v) is 23.8. The first-order valence-electron chi connectivity index (χ1n) is 14.0. The number of para-hydroxylation sites is 1. The van der Waals surface area contributed by atoms with E-state index in [1.807, 2.05) is 85.6 Å². The molecule has 1 N–H and O–H groups in total. The number of unbranched alkanes of at least 4 members (excludes halogenated alkanes) is 2. The van der Waals surface area contributed by atoms with Crippen LogP contribution in [-0.4, -0.2) is 54.0 Å². The number of aliphatic carboxylic acids is 1. The number of amides is 1. The topological polar surface area (TPSA) is 91.6 Å². The van der Waals surface area contributed by atoms with Gasteiger partial charge in [-0.1, -0.05) is 60.7 Å². The van der Waals surface area contributed by atoms with E-state index in [0.717, 1.165) is 55.6 Å². The number of benzene rings is 2. The van der Waals surface area contributed by atoms with Crippen LogP contribution >= 0.6 is 0 Å². The molecular formula is C33H43N3O4. The standard InChI is InChI=1S/C23H32N2O4.C10H11N/c1-19-8-4-5-9-21(19)29-18-20-12-16-25(17-13-20)22(26)10-7-15-24-14-6-2-3-11-23(27)28;1-2-8-11-9-10-6-4-3-5-7-10/h4-5,7-9,14-15,20H,2-3,6,10-13,16-18H2,1H3,(H,27,28);2-9H,1H3/b15-7+,24-14?;8-2+,11-9?. The number of allylic oxidation sites excluding steroid dienone is 1. The molecule has 2 aromatic carbocycles. The third-order valence-corrected chi connectivity index (χ3v) is 6.36. The molecule has 0 unspecified atom stereocenters. The van der Waals surface area contributed by atoms with Gasteiger partial charge in [0, 0.05) is 50.8 Å². The molecule has 1 fully saturated rings. The average molecular weight is 546 g/mol. The number of carbonyl (C=O) groups is 2. The summed E-state index contributed by atoms with van der Waals surface area (Å²) in [5.74, 6) is 0.804. The maximum atomic E-state index is 12.3. The number of ether oxygens (including phenoxy) is 1. The average Bonchev–Trinajstić information content (AvgIpc) is 2.97. The van der Waals surface area contributed by atoms with Crippen LogP contribution in [0, 0.1) is 12.8 Å². The molecule has 0 bridgehead atoms. The summed E-state index contributed by atoms with van der Waals surface area (Å²) in [5.41, 5.74) is 2.28. The van der Waals surface area contributed by atoms with Crippen LogP contribution in [-0.2, 0) is 9.59 Å². The largest absolute Gasteiger partial charge is 0.493 e. The number of nitrogens with zero attached hydrogens (tertiary/aromatic N) is 3. The minimum absolute atomic E-state index is 0.135. The van der Waals surface area contributed by atoms with E-state index in [0.29, 0.717) is 25.4 Å². The maximum absolute atomic E-state index is 12.3. The van der Waals surface area contributed by atoms with E-state index in [1.54, 1.807) is 24.7 Å². The second kappa shape index (κ2) is 20.0. The van der Waals surface area contributed by atoms with Gasteiger partial charge >= 0.3 is 5.97 Å². The van der Waals surface area contributed by atoms with Crippen LogP contribution in [0.25, 0.3) is 0 Å². The van der Waals surface area contributed by atoms with Crippen molar-refractivity contribution in [1.82, 2.24) is 4.90 Å². The highest BCUT2D eigenvalue weighted by Crippen LogP contribution is 2.22. The van der Waals surface area contributed by atoms with Gasteiger partial charge in [0.15, 0.2) is 0 Å². The van der Waals surface area contributed by atoms with Crippen LogP contribution in [0.2, 0.25) is 0 Å². The summed E-state index contributed by atoms with van der Waals surface area (Å²) in [7, 11) is 0. The van der Waals surface area contributed by atoms with Gasteiger partial charge < -0.3 is 14.7 Å². The molecule has 1 amide bonds. The van der Waals surface area contributed by atoms with E-state index >= 15 is 0 Å². The Morgan fingerprint density at radius 2 is 1.73 bits per heavy atom. The second-order valence-corrected chi connectivity index (χ2v) is 9.63. The Morgan fingerprint density at radius 3 is 2.42 bits per heavy atom. The van der Waals surface area contributed by atoms with E-state index in [9.17, 15) is 9.59 Å². The van der Waals surface area contributed by atoms with Gasteiger partial charge in [-0.25, -0.2) is 0 Å². The summed E-state index contributed by atoms with van der Waals surface area (Å²) < 4.78 is 5.95. The summed E-state index contributed by atoms with van der Waals surface area (Å²) >= 11 is 0. The van der Waals surface area contributed by atoms with Crippen LogP contribution in [0.3, 0.4) is 0 Å². The number of carbonyl (C=O) groups excluding carboxylic acids is 1. The van der Waals surface area contributed by atoms with Crippen molar-refractivity contribution in [3.8, 4) is 5.75 Å². The smallest absolute Gasteiger partial charge is 0.303 e. The van der Waals surface area contributed by atoms with Crippen LogP contribution in [0.5, 0.6) is 5.75 Å². The van der Waals surface area contributed by atoms with E-state index in [4.69, 9.17) is 9.84 Å². The molecule has 2 aromatic rings. The van der Waals surface area contributed by atoms with E-state index in [1.165, 1.54) is 0 Å². The van der Waals surface area contributed by atoms with Gasteiger partial charge in [0.05, 0.1) is 6.61 Å². The van der Waals surface area contributed by atoms with Crippen molar-refractivity contribution in [3.05, 3.63) is 90.3 Å². The Hall–Kier alpha value is -4.00. The highest BCUT2D eigenvalue weighted by molar-refractivity contribution is 5.79. The number of hydrogen-bond acceptors (Lipinski definition) is 5. The lowest BCUT2D eigenvalue weighted by Crippen LogP contribution is -2.39. The Balaban J connectivity index is 0.000000425. The predicted molar refractivity (Wildman–Crippen MR) is 163 cm³/mol. The van der Waals surface area contributed by atoms with Crippen LogP contribution < -0.4 is 4.74 Å². The first-order valence-corrected chi connectivity index (χ1v) is 14.0. The van der Waals surface area contributed by atoms with Gasteiger partial charge in [0.1, 0.15) is 5.75 Å². The normalized spacial score (nSPS) is 14.2. The quantitative estimate of drug-likeness (QED) is 0.220. The third kappa shape index (κ3) is 14.2. The number of aliphatic imine (C=N–C) groups is 2. The van der Waals surface area contributed by atoms with Gasteiger partial charge in [-0.15, -0.1) is 0 Å². The molecule has 1 heterocycles. The molecule has 7 heteroatoms. The summed E-state index contributed by atoms with van der Waals surface area (Å²) in [6.45, 7) is 6.26. The molecule has 0 aliphatic carbocycles. The number of carboxylic acids is 1. The highest BCUT2D eigenvalue weighted by atomic mass is 16.5. The predicted octanol–water partition coefficient (Wildman–Crippen LogP) is 6.87. The fraction of sp³-hybridized carbons (Fsp3) is 0.394. The lowest BCUT2D eigenvalue weighted by atomic mass is 9.97. The summed E-state index contributed by atoms with van der Waals surface area (Å²) in [6, 6.07) is 18.1. The number of rotatable bonds is 13. The Labute approximate surface area is 239 Å². The number of hydrogen-bond donors (Lipinski definition) is 1. The van der Waals surface area contributed by atoms with E-state index < -0.39 is 5.97 Å². The Bertz CT molecular complexity index is 1120. The number of likely N-dealkylation sites (tertiary alicyclic amines) is 1. The highest BCUT2D eigenvalue weighted by Gasteiger charge is 2.22. The van der Waals surface area contributed by atoms with Gasteiger partial charge in [-0.2, -0.15) is 0 Å². The van der Waals surface area contributed by atoms with Crippen molar-refractivity contribution in [2.75, 3.05) is 19.7 Å². The molecule has 1 aliphatic heterocycles. The SMILES string of the molecule is C/C=C/N=Cc1ccccc1.Cc1ccccc1OCC1CCN(C(=O)C/C=C/N=CCCCCC(=O)O)CC1. The van der Waals surface area contributed by atoms with Crippen LogP contribution in [0.4, 0.5) is 0 Å². The molecule has 0 radical (unpaired) electrons. The van der Waals surface area contributed by atoms with Crippen molar-refractivity contribution in [1.29, 1.82) is 0 Å². The van der Waals surface area contributed by atoms with Crippen LogP contribution in [0.15, 0.2) is 89.1 Å². The molecule has 0 spiro atoms. The number of carboxylic acid groups (broad SMARTS) is 1. The van der Waals surface area contributed by atoms with Gasteiger partial charge in [-0.3, -0.25) is 19.6 Å². The molecule has 1 aliphatic rings. The van der Waals surface area contributed by atoms with E-state index in [2.05, 4.69) is 9.98 Å². The molecule has 214 valence electrons. The Morgan fingerprint density at radius 1 is 1.00 bits per heavy atom. The molecular weight excluding hydrogens is 502 g/mol. The zero-order valence-electron chi connectivity index (χ0n) is 23.8. The zero-order chi connectivity index (χ0) is 28.8. The van der Waals surface area contributed by atoms with Gasteiger partial charge in [0.25, 0.3) is 0 Å². The molecule has 1 saturated heterocycles. The minimum atomic E-state index is -0.761. The molecule has 0 saturated carbocycles. The third-order valence-electron chi connectivity index (χ3n) is 6.36. The van der Waals surface area contributed by atoms with Crippen molar-refractivity contribution in [2.24, 2.45) is 15.9 Å². The first kappa shape index (κ1) is 32.2. The van der Waals surface area contributed by atoms with Crippen molar-refractivity contribution in [2.45, 2.75) is 58.8 Å². The summed E-state index contributed by atoms with van der Waals surface area (Å²) in [6.07, 6.45) is 15.4. The fourth-order valence-corrected chi connectivity index (χ4v) is 4.02. The van der Waals surface area contributed by atoms with Crippen LogP contribution in [0.1, 0.15) is 63.0 Å². The van der Waals surface area contributed by atoms with E-state index in [-0.39, 0.29) is 12.3 Å². The molecule has 3 rings (SSSR count). The molecule has 7 nitrogen and oxygen atoms in total. The monoisotopic (exact) mass is 545 g/mol. The summed E-state index contributed by atoms with van der Waals surface area (Å²) in [4.78, 5) is 32.8. The summed E-state index contributed by atoms with van der Waals surface area (Å²) in [5, 5.41) is 8.56. The Kier molecular flexibility index (Phi) is 16.1. The van der Waals surface area contributed by atoms with Crippen molar-refractivity contribution >= 4 is 24.3 Å².